The van der Waals surface area contributed by atoms with E-state index in [1.54, 1.807) is 6.33 Å². The lowest BCUT2D eigenvalue weighted by Gasteiger charge is -2.27. The Labute approximate surface area is 117 Å². The number of hydrogen-bond acceptors (Lipinski definition) is 6. The average Bonchev–Trinajstić information content (AvgIpc) is 3.20. The first-order valence-electron chi connectivity index (χ1n) is 7.04. The van der Waals surface area contributed by atoms with Crippen molar-refractivity contribution in [3.05, 3.63) is 30.2 Å². The molecule has 7 heteroatoms. The van der Waals surface area contributed by atoms with Crippen LogP contribution in [-0.4, -0.2) is 37.3 Å². The highest BCUT2D eigenvalue weighted by Crippen LogP contribution is 2.20. The third kappa shape index (κ3) is 2.36. The summed E-state index contributed by atoms with van der Waals surface area (Å²) in [7, 11) is 0. The molecule has 0 aromatic carbocycles. The molecule has 0 bridgehead atoms. The van der Waals surface area contributed by atoms with Crippen LogP contribution in [0.1, 0.15) is 24.4 Å². The molecule has 2 aromatic rings. The van der Waals surface area contributed by atoms with Gasteiger partial charge in [-0.15, -0.1) is 10.2 Å². The zero-order valence-electron chi connectivity index (χ0n) is 11.2. The molecule has 3 heterocycles. The average molecular weight is 271 g/mol. The molecule has 0 amide bonds. The van der Waals surface area contributed by atoms with E-state index in [0.717, 1.165) is 43.5 Å². The first-order chi connectivity index (χ1) is 9.88. The molecule has 2 aromatic heterocycles. The van der Waals surface area contributed by atoms with Gasteiger partial charge in [0.25, 0.3) is 0 Å². The maximum Gasteiger partial charge on any atom is 0.152 e. The second kappa shape index (κ2) is 4.82. The molecule has 1 N–H and O–H groups in total. The Morgan fingerprint density at radius 3 is 3.10 bits per heavy atom. The summed E-state index contributed by atoms with van der Waals surface area (Å²) < 4.78 is 2.09. The van der Waals surface area contributed by atoms with E-state index in [1.807, 2.05) is 12.4 Å². The zero-order valence-corrected chi connectivity index (χ0v) is 11.2. The van der Waals surface area contributed by atoms with Gasteiger partial charge in [0, 0.05) is 31.9 Å². The van der Waals surface area contributed by atoms with E-state index in [0.29, 0.717) is 6.04 Å². The van der Waals surface area contributed by atoms with E-state index >= 15 is 0 Å². The lowest BCUT2D eigenvalue weighted by molar-refractivity contribution is 0.554. The van der Waals surface area contributed by atoms with Crippen molar-refractivity contribution in [1.29, 1.82) is 0 Å². The van der Waals surface area contributed by atoms with Crippen LogP contribution >= 0.6 is 0 Å². The summed E-state index contributed by atoms with van der Waals surface area (Å²) in [5.41, 5.74) is 1.00. The van der Waals surface area contributed by atoms with Gasteiger partial charge in [0.1, 0.15) is 12.1 Å². The molecular formula is C13H17N7. The Morgan fingerprint density at radius 1 is 1.25 bits per heavy atom. The molecule has 4 rings (SSSR count). The molecule has 2 aliphatic rings. The van der Waals surface area contributed by atoms with Crippen molar-refractivity contribution >= 4 is 5.82 Å². The van der Waals surface area contributed by atoms with Gasteiger partial charge in [0.05, 0.1) is 18.4 Å². The molecule has 0 unspecified atom stereocenters. The van der Waals surface area contributed by atoms with Gasteiger partial charge < -0.3 is 14.8 Å². The molecule has 104 valence electrons. The predicted molar refractivity (Wildman–Crippen MR) is 73.0 cm³/mol. The summed E-state index contributed by atoms with van der Waals surface area (Å²) in [4.78, 5) is 11.2. The topological polar surface area (TPSA) is 71.8 Å². The molecule has 0 atom stereocenters. The molecule has 20 heavy (non-hydrogen) atoms. The van der Waals surface area contributed by atoms with Gasteiger partial charge >= 0.3 is 0 Å². The van der Waals surface area contributed by atoms with Gasteiger partial charge in [-0.25, -0.2) is 4.98 Å². The third-order valence-corrected chi connectivity index (χ3v) is 3.78. The van der Waals surface area contributed by atoms with Crippen molar-refractivity contribution in [2.24, 2.45) is 0 Å². The van der Waals surface area contributed by atoms with Gasteiger partial charge in [-0.3, -0.25) is 4.98 Å². The monoisotopic (exact) mass is 271 g/mol. The number of nitrogens with one attached hydrogen (secondary N) is 1. The number of rotatable bonds is 4. The fourth-order valence-corrected chi connectivity index (χ4v) is 2.43. The van der Waals surface area contributed by atoms with E-state index in [9.17, 15) is 0 Å². The number of anilines is 1. The molecule has 0 radical (unpaired) electrons. The van der Waals surface area contributed by atoms with Crippen LogP contribution in [-0.2, 0) is 19.6 Å². The molecule has 7 nitrogen and oxygen atoms in total. The largest absolute Gasteiger partial charge is 0.346 e. The van der Waals surface area contributed by atoms with Gasteiger partial charge in [0.15, 0.2) is 5.82 Å². The van der Waals surface area contributed by atoms with Crippen molar-refractivity contribution in [3.8, 4) is 0 Å². The van der Waals surface area contributed by atoms with Crippen LogP contribution in [0.25, 0.3) is 0 Å². The molecular weight excluding hydrogens is 254 g/mol. The van der Waals surface area contributed by atoms with Crippen molar-refractivity contribution in [1.82, 2.24) is 30.0 Å². The van der Waals surface area contributed by atoms with Crippen LogP contribution in [0, 0.1) is 0 Å². The minimum atomic E-state index is 0.689. The SMILES string of the molecule is c1ncc(N2CCn3cnnc3C2)nc1CNC1CC1. The second-order valence-corrected chi connectivity index (χ2v) is 5.39. The number of nitrogens with zero attached hydrogens (tertiary/aromatic N) is 6. The van der Waals surface area contributed by atoms with Crippen molar-refractivity contribution < 1.29 is 0 Å². The lowest BCUT2D eigenvalue weighted by atomic mass is 10.3. The fraction of sp³-hybridized carbons (Fsp3) is 0.538. The van der Waals surface area contributed by atoms with Crippen molar-refractivity contribution in [2.75, 3.05) is 11.4 Å². The quantitative estimate of drug-likeness (QED) is 0.864. The van der Waals surface area contributed by atoms with E-state index in [4.69, 9.17) is 4.98 Å². The Balaban J connectivity index is 1.49. The zero-order chi connectivity index (χ0) is 13.4. The first-order valence-corrected chi connectivity index (χ1v) is 7.04. The minimum absolute atomic E-state index is 0.689. The normalized spacial score (nSPS) is 18.1. The van der Waals surface area contributed by atoms with Crippen LogP contribution < -0.4 is 10.2 Å². The minimum Gasteiger partial charge on any atom is -0.346 e. The summed E-state index contributed by atoms with van der Waals surface area (Å²) in [6.45, 7) is 3.36. The van der Waals surface area contributed by atoms with E-state index in [-0.39, 0.29) is 0 Å². The lowest BCUT2D eigenvalue weighted by Crippen LogP contribution is -2.34. The number of fused-ring (bicyclic) bond motifs is 1. The Hall–Kier alpha value is -2.02. The highest BCUT2D eigenvalue weighted by atomic mass is 15.3. The van der Waals surface area contributed by atoms with Crippen LogP contribution in [0.4, 0.5) is 5.82 Å². The molecule has 0 spiro atoms. The van der Waals surface area contributed by atoms with Gasteiger partial charge in [-0.1, -0.05) is 0 Å². The Bertz CT molecular complexity index is 604. The summed E-state index contributed by atoms with van der Waals surface area (Å²) in [5.74, 6) is 1.91. The highest BCUT2D eigenvalue weighted by molar-refractivity contribution is 5.37. The van der Waals surface area contributed by atoms with Crippen LogP contribution in [0.3, 0.4) is 0 Å². The van der Waals surface area contributed by atoms with Gasteiger partial charge in [0.2, 0.25) is 0 Å². The summed E-state index contributed by atoms with van der Waals surface area (Å²) in [5, 5.41) is 11.5. The van der Waals surface area contributed by atoms with E-state index in [2.05, 4.69) is 30.0 Å². The Morgan fingerprint density at radius 2 is 2.20 bits per heavy atom. The van der Waals surface area contributed by atoms with Gasteiger partial charge in [-0.2, -0.15) is 0 Å². The van der Waals surface area contributed by atoms with Crippen molar-refractivity contribution in [3.63, 3.8) is 0 Å². The van der Waals surface area contributed by atoms with Crippen LogP contribution in [0.5, 0.6) is 0 Å². The third-order valence-electron chi connectivity index (χ3n) is 3.78. The van der Waals surface area contributed by atoms with E-state index < -0.39 is 0 Å². The fourth-order valence-electron chi connectivity index (χ4n) is 2.43. The summed E-state index contributed by atoms with van der Waals surface area (Å²) in [6.07, 6.45) is 8.02. The van der Waals surface area contributed by atoms with Crippen LogP contribution in [0.15, 0.2) is 18.7 Å². The first kappa shape index (κ1) is 11.8. The smallest absolute Gasteiger partial charge is 0.152 e. The Kier molecular flexibility index (Phi) is 2.84. The highest BCUT2D eigenvalue weighted by Gasteiger charge is 2.21. The summed E-state index contributed by atoms with van der Waals surface area (Å²) in [6, 6.07) is 0.689. The molecule has 1 fully saturated rings. The van der Waals surface area contributed by atoms with Gasteiger partial charge in [-0.05, 0) is 12.8 Å². The maximum atomic E-state index is 4.70. The number of aromatic nitrogens is 5. The molecule has 1 aliphatic heterocycles. The van der Waals surface area contributed by atoms with Crippen LogP contribution in [0.2, 0.25) is 0 Å². The second-order valence-electron chi connectivity index (χ2n) is 5.39. The summed E-state index contributed by atoms with van der Waals surface area (Å²) >= 11 is 0. The van der Waals surface area contributed by atoms with E-state index in [1.165, 1.54) is 12.8 Å². The molecule has 0 saturated heterocycles. The molecule has 1 saturated carbocycles. The molecule has 1 aliphatic carbocycles. The standard InChI is InChI=1S/C13H17N7/c1-2-10(1)15-6-11-5-14-7-12(17-11)19-3-4-20-9-16-18-13(20)8-19/h5,7,9-10,15H,1-4,6,8H2. The van der Waals surface area contributed by atoms with Crippen molar-refractivity contribution in [2.45, 2.75) is 38.5 Å². The predicted octanol–water partition coefficient (Wildman–Crippen LogP) is 0.340. The maximum absolute atomic E-state index is 4.70. The number of hydrogen-bond donors (Lipinski definition) is 1.